The van der Waals surface area contributed by atoms with E-state index >= 15 is 0 Å². The third kappa shape index (κ3) is 6.21. The van der Waals surface area contributed by atoms with Gasteiger partial charge in [-0.2, -0.15) is 8.78 Å². The largest absolute Gasteiger partial charge is 0.463 e. The quantitative estimate of drug-likeness (QED) is 0.497. The number of esters is 1. The summed E-state index contributed by atoms with van der Waals surface area (Å²) >= 11 is 5.79. The van der Waals surface area contributed by atoms with Gasteiger partial charge in [-0.25, -0.2) is 13.2 Å². The molecule has 0 spiro atoms. The van der Waals surface area contributed by atoms with Crippen LogP contribution in [0.25, 0.3) is 6.08 Å². The van der Waals surface area contributed by atoms with Crippen LogP contribution in [0.5, 0.6) is 5.75 Å². The van der Waals surface area contributed by atoms with Gasteiger partial charge in [0.15, 0.2) is 0 Å². The fourth-order valence-electron chi connectivity index (χ4n) is 2.07. The molecule has 0 heterocycles. The fraction of sp³-hybridized carbons (Fsp3) is 0.167. The second-order valence-electron chi connectivity index (χ2n) is 5.28. The minimum absolute atomic E-state index is 0.217. The van der Waals surface area contributed by atoms with Crippen LogP contribution in [0, 0.1) is 0 Å². The highest BCUT2D eigenvalue weighted by atomic mass is 35.5. The Hall–Kier alpha value is -2.65. The maximum absolute atomic E-state index is 12.4. The number of hydrogen-bond donors (Lipinski definition) is 1. The van der Waals surface area contributed by atoms with E-state index < -0.39 is 22.6 Å². The highest BCUT2D eigenvalue weighted by Gasteiger charge is 2.17. The SMILES string of the molecule is CCOC(=O)/C=C/c1ccc(NS(=O)(=O)c2ccc(OC(F)F)c(Cl)c2)cc1. The first-order valence-electron chi connectivity index (χ1n) is 7.93. The number of halogens is 3. The number of carbonyl (C=O) groups is 1. The summed E-state index contributed by atoms with van der Waals surface area (Å²) < 4.78 is 60.6. The van der Waals surface area contributed by atoms with Crippen LogP contribution in [0.2, 0.25) is 5.02 Å². The van der Waals surface area contributed by atoms with Gasteiger partial charge in [-0.1, -0.05) is 23.7 Å². The summed E-state index contributed by atoms with van der Waals surface area (Å²) in [5.74, 6) is -0.809. The molecule has 0 atom stereocenters. The molecule has 0 aliphatic heterocycles. The second kappa shape index (κ2) is 9.52. The molecule has 0 saturated carbocycles. The molecule has 28 heavy (non-hydrogen) atoms. The zero-order valence-corrected chi connectivity index (χ0v) is 16.1. The highest BCUT2D eigenvalue weighted by Crippen LogP contribution is 2.29. The number of carbonyl (C=O) groups excluding carboxylic acids is 1. The number of alkyl halides is 2. The molecule has 2 rings (SSSR count). The van der Waals surface area contributed by atoms with Crippen LogP contribution in [0.15, 0.2) is 53.4 Å². The third-order valence-corrected chi connectivity index (χ3v) is 4.97. The summed E-state index contributed by atoms with van der Waals surface area (Å²) in [5.41, 5.74) is 0.921. The topological polar surface area (TPSA) is 81.7 Å². The molecule has 0 radical (unpaired) electrons. The normalized spacial score (nSPS) is 11.6. The Bertz CT molecular complexity index is 962. The van der Waals surface area contributed by atoms with E-state index in [9.17, 15) is 22.0 Å². The average Bonchev–Trinajstić information content (AvgIpc) is 2.62. The minimum Gasteiger partial charge on any atom is -0.463 e. The van der Waals surface area contributed by atoms with Crippen LogP contribution in [0.1, 0.15) is 12.5 Å². The Morgan fingerprint density at radius 3 is 2.46 bits per heavy atom. The van der Waals surface area contributed by atoms with Gasteiger partial charge in [0.2, 0.25) is 0 Å². The number of sulfonamides is 1. The lowest BCUT2D eigenvalue weighted by molar-refractivity contribution is -0.137. The molecule has 0 unspecified atom stereocenters. The summed E-state index contributed by atoms with van der Waals surface area (Å²) in [4.78, 5) is 11.1. The first-order chi connectivity index (χ1) is 13.2. The van der Waals surface area contributed by atoms with Gasteiger partial charge in [0.1, 0.15) is 5.75 Å². The summed E-state index contributed by atoms with van der Waals surface area (Å²) in [6, 6.07) is 9.35. The first kappa shape index (κ1) is 21.6. The van der Waals surface area contributed by atoms with Gasteiger partial charge < -0.3 is 9.47 Å². The molecule has 0 fully saturated rings. The van der Waals surface area contributed by atoms with E-state index in [1.165, 1.54) is 24.3 Å². The second-order valence-corrected chi connectivity index (χ2v) is 7.37. The molecule has 10 heteroatoms. The van der Waals surface area contributed by atoms with E-state index in [4.69, 9.17) is 16.3 Å². The predicted octanol–water partition coefficient (Wildman–Crippen LogP) is 4.32. The first-order valence-corrected chi connectivity index (χ1v) is 9.79. The number of ether oxygens (including phenoxy) is 2. The predicted molar refractivity (Wildman–Crippen MR) is 101 cm³/mol. The molecule has 6 nitrogen and oxygen atoms in total. The van der Waals surface area contributed by atoms with Crippen molar-refractivity contribution in [3.8, 4) is 5.75 Å². The van der Waals surface area contributed by atoms with Crippen molar-refractivity contribution < 1.29 is 31.5 Å². The average molecular weight is 432 g/mol. The van der Waals surface area contributed by atoms with E-state index in [0.29, 0.717) is 5.56 Å². The Kier molecular flexibility index (Phi) is 7.36. The van der Waals surface area contributed by atoms with Crippen molar-refractivity contribution in [1.29, 1.82) is 0 Å². The minimum atomic E-state index is -4.00. The van der Waals surface area contributed by atoms with Crippen LogP contribution in [0.3, 0.4) is 0 Å². The van der Waals surface area contributed by atoms with Crippen LogP contribution in [-0.2, 0) is 19.6 Å². The lowest BCUT2D eigenvalue weighted by atomic mass is 10.2. The van der Waals surface area contributed by atoms with Gasteiger partial charge in [-0.3, -0.25) is 4.72 Å². The van der Waals surface area contributed by atoms with Crippen molar-refractivity contribution in [3.05, 3.63) is 59.1 Å². The summed E-state index contributed by atoms with van der Waals surface area (Å²) in [7, 11) is -4.00. The number of rotatable bonds is 8. The van der Waals surface area contributed by atoms with Crippen LogP contribution in [0.4, 0.5) is 14.5 Å². The van der Waals surface area contributed by atoms with Crippen molar-refractivity contribution in [3.63, 3.8) is 0 Å². The van der Waals surface area contributed by atoms with Crippen molar-refractivity contribution >= 4 is 39.4 Å². The summed E-state index contributed by atoms with van der Waals surface area (Å²) in [6.07, 6.45) is 2.78. The Balaban J connectivity index is 2.11. The summed E-state index contributed by atoms with van der Waals surface area (Å²) in [6.45, 7) is -1.11. The maximum atomic E-state index is 12.4. The van der Waals surface area contributed by atoms with Gasteiger partial charge in [-0.05, 0) is 48.9 Å². The Morgan fingerprint density at radius 1 is 1.21 bits per heavy atom. The number of anilines is 1. The molecule has 1 N–H and O–H groups in total. The molecule has 0 aromatic heterocycles. The van der Waals surface area contributed by atoms with Gasteiger partial charge >= 0.3 is 12.6 Å². The van der Waals surface area contributed by atoms with E-state index in [1.54, 1.807) is 19.1 Å². The molecule has 0 saturated heterocycles. The molecular weight excluding hydrogens is 416 g/mol. The standard InChI is InChI=1S/C18H16ClF2NO5S/c1-2-26-17(23)10-5-12-3-6-13(7-4-12)22-28(24,25)14-8-9-16(15(19)11-14)27-18(20)21/h3-11,18,22H,2H2,1H3/b10-5+. The Labute approximate surface area is 165 Å². The third-order valence-electron chi connectivity index (χ3n) is 3.29. The van der Waals surface area contributed by atoms with Gasteiger partial charge in [0.25, 0.3) is 10.0 Å². The number of hydrogen-bond acceptors (Lipinski definition) is 5. The molecule has 0 aliphatic carbocycles. The van der Waals surface area contributed by atoms with E-state index in [2.05, 4.69) is 9.46 Å². The molecule has 2 aromatic carbocycles. The van der Waals surface area contributed by atoms with E-state index in [0.717, 1.165) is 18.2 Å². The fourth-order valence-corrected chi connectivity index (χ4v) is 3.45. The van der Waals surface area contributed by atoms with E-state index in [1.807, 2.05) is 0 Å². The van der Waals surface area contributed by atoms with Crippen molar-refractivity contribution in [2.24, 2.45) is 0 Å². The molecule has 0 amide bonds. The van der Waals surface area contributed by atoms with Gasteiger partial charge in [-0.15, -0.1) is 0 Å². The van der Waals surface area contributed by atoms with Gasteiger partial charge in [0.05, 0.1) is 16.5 Å². The zero-order valence-electron chi connectivity index (χ0n) is 14.6. The Morgan fingerprint density at radius 2 is 1.89 bits per heavy atom. The lowest BCUT2D eigenvalue weighted by Crippen LogP contribution is -2.13. The van der Waals surface area contributed by atoms with Crippen LogP contribution < -0.4 is 9.46 Å². The lowest BCUT2D eigenvalue weighted by Gasteiger charge is -2.11. The van der Waals surface area contributed by atoms with Crippen molar-refractivity contribution in [2.75, 3.05) is 11.3 Å². The van der Waals surface area contributed by atoms with Crippen molar-refractivity contribution in [2.45, 2.75) is 18.4 Å². The van der Waals surface area contributed by atoms with E-state index in [-0.39, 0.29) is 28.0 Å². The van der Waals surface area contributed by atoms with Crippen LogP contribution >= 0.6 is 11.6 Å². The number of nitrogens with one attached hydrogen (secondary N) is 1. The molecule has 150 valence electrons. The summed E-state index contributed by atoms with van der Waals surface area (Å²) in [5, 5.41) is -0.261. The molecule has 0 bridgehead atoms. The monoisotopic (exact) mass is 431 g/mol. The zero-order chi connectivity index (χ0) is 20.7. The molecule has 2 aromatic rings. The smallest absolute Gasteiger partial charge is 0.387 e. The van der Waals surface area contributed by atoms with Crippen LogP contribution in [-0.4, -0.2) is 27.6 Å². The highest BCUT2D eigenvalue weighted by molar-refractivity contribution is 7.92. The number of benzene rings is 2. The van der Waals surface area contributed by atoms with Crippen molar-refractivity contribution in [1.82, 2.24) is 0 Å². The van der Waals surface area contributed by atoms with Gasteiger partial charge in [0, 0.05) is 11.8 Å². The maximum Gasteiger partial charge on any atom is 0.387 e. The molecular formula is C18H16ClF2NO5S. The molecule has 0 aliphatic rings.